The molecule has 3 aromatic rings. The van der Waals surface area contributed by atoms with Crippen molar-refractivity contribution in [2.45, 2.75) is 25.3 Å². The number of carbonyl (C=O) groups excluding carboxylic acids is 2. The van der Waals surface area contributed by atoms with E-state index >= 15 is 0 Å². The second-order valence-corrected chi connectivity index (χ2v) is 10.7. The van der Waals surface area contributed by atoms with Crippen molar-refractivity contribution in [1.29, 1.82) is 0 Å². The van der Waals surface area contributed by atoms with Crippen molar-refractivity contribution >= 4 is 27.4 Å². The number of hydrogen-bond acceptors (Lipinski definition) is 5. The number of benzene rings is 3. The molecule has 0 saturated carbocycles. The fraction of sp³-hybridized carbons (Fsp3) is 0.259. The van der Waals surface area contributed by atoms with Gasteiger partial charge in [-0.1, -0.05) is 42.0 Å². The van der Waals surface area contributed by atoms with Crippen LogP contribution in [0.4, 0.5) is 5.69 Å². The molecule has 0 bridgehead atoms. The Kier molecular flexibility index (Phi) is 7.45. The number of hydrogen-bond donors (Lipinski definition) is 1. The van der Waals surface area contributed by atoms with E-state index in [1.165, 1.54) is 11.2 Å². The molecule has 35 heavy (non-hydrogen) atoms. The van der Waals surface area contributed by atoms with Gasteiger partial charge in [-0.2, -0.15) is 4.31 Å². The van der Waals surface area contributed by atoms with Crippen LogP contribution in [0.15, 0.2) is 77.7 Å². The molecule has 0 aromatic heterocycles. The number of amides is 1. The number of carbonyl (C=O) groups is 2. The fourth-order valence-electron chi connectivity index (χ4n) is 4.08. The van der Waals surface area contributed by atoms with E-state index in [2.05, 4.69) is 10.2 Å². The Morgan fingerprint density at radius 2 is 1.51 bits per heavy atom. The molecule has 0 aliphatic carbocycles. The van der Waals surface area contributed by atoms with E-state index in [-0.39, 0.29) is 11.7 Å². The van der Waals surface area contributed by atoms with Crippen LogP contribution in [0.2, 0.25) is 0 Å². The lowest BCUT2D eigenvalue weighted by atomic mass is 10.1. The lowest BCUT2D eigenvalue weighted by Gasteiger charge is -2.34. The molecule has 1 fully saturated rings. The average molecular weight is 492 g/mol. The van der Waals surface area contributed by atoms with Gasteiger partial charge in [0.1, 0.15) is 0 Å². The average Bonchev–Trinajstić information content (AvgIpc) is 2.85. The van der Waals surface area contributed by atoms with Crippen LogP contribution in [0.3, 0.4) is 0 Å². The third-order valence-electron chi connectivity index (χ3n) is 6.11. The van der Waals surface area contributed by atoms with Crippen molar-refractivity contribution in [2.24, 2.45) is 0 Å². The van der Waals surface area contributed by atoms with Gasteiger partial charge in [0.25, 0.3) is 5.91 Å². The van der Waals surface area contributed by atoms with Crippen LogP contribution in [0.1, 0.15) is 38.8 Å². The predicted molar refractivity (Wildman–Crippen MR) is 136 cm³/mol. The molecule has 0 spiro atoms. The first-order chi connectivity index (χ1) is 16.7. The molecule has 3 aromatic carbocycles. The second kappa shape index (κ2) is 10.5. The van der Waals surface area contributed by atoms with Gasteiger partial charge in [-0.25, -0.2) is 8.42 Å². The van der Waals surface area contributed by atoms with Crippen LogP contribution in [-0.2, 0) is 16.6 Å². The Morgan fingerprint density at radius 1 is 0.857 bits per heavy atom. The van der Waals surface area contributed by atoms with Gasteiger partial charge in [-0.3, -0.25) is 14.5 Å². The highest BCUT2D eigenvalue weighted by Gasteiger charge is 2.28. The number of anilines is 1. The Bertz CT molecular complexity index is 1330. The monoisotopic (exact) mass is 491 g/mol. The molecule has 1 heterocycles. The maximum atomic E-state index is 12.9. The molecule has 0 unspecified atom stereocenters. The Balaban J connectivity index is 1.36. The first-order valence-electron chi connectivity index (χ1n) is 11.5. The van der Waals surface area contributed by atoms with E-state index < -0.39 is 10.0 Å². The smallest absolute Gasteiger partial charge is 0.255 e. The minimum Gasteiger partial charge on any atom is -0.322 e. The molecule has 7 nitrogen and oxygen atoms in total. The van der Waals surface area contributed by atoms with E-state index in [1.807, 2.05) is 37.3 Å². The Hall–Kier alpha value is -3.33. The minimum absolute atomic E-state index is 0.0603. The Labute approximate surface area is 206 Å². The molecule has 1 saturated heterocycles. The molecule has 1 amide bonds. The van der Waals surface area contributed by atoms with E-state index in [0.29, 0.717) is 54.4 Å². The highest BCUT2D eigenvalue weighted by molar-refractivity contribution is 7.89. The zero-order chi connectivity index (χ0) is 25.0. The van der Waals surface area contributed by atoms with E-state index in [4.69, 9.17) is 0 Å². The zero-order valence-electron chi connectivity index (χ0n) is 19.9. The summed E-state index contributed by atoms with van der Waals surface area (Å²) in [5.41, 5.74) is 3.63. The van der Waals surface area contributed by atoms with Crippen molar-refractivity contribution < 1.29 is 18.0 Å². The summed E-state index contributed by atoms with van der Waals surface area (Å²) in [6.07, 6.45) is 0. The molecule has 4 rings (SSSR count). The summed E-state index contributed by atoms with van der Waals surface area (Å²) in [4.78, 5) is 26.9. The summed E-state index contributed by atoms with van der Waals surface area (Å²) in [6, 6.07) is 21.2. The summed E-state index contributed by atoms with van der Waals surface area (Å²) in [6.45, 7) is 6.10. The number of nitrogens with one attached hydrogen (secondary N) is 1. The highest BCUT2D eigenvalue weighted by Crippen LogP contribution is 2.20. The van der Waals surface area contributed by atoms with Crippen molar-refractivity contribution in [3.8, 4) is 0 Å². The third-order valence-corrected chi connectivity index (χ3v) is 8.03. The summed E-state index contributed by atoms with van der Waals surface area (Å²) in [7, 11) is -3.50. The molecule has 1 aliphatic rings. The van der Waals surface area contributed by atoms with Gasteiger partial charge in [0.15, 0.2) is 5.78 Å². The number of rotatable bonds is 7. The van der Waals surface area contributed by atoms with Gasteiger partial charge in [0, 0.05) is 49.5 Å². The van der Waals surface area contributed by atoms with Crippen molar-refractivity contribution in [3.63, 3.8) is 0 Å². The number of ketones is 1. The van der Waals surface area contributed by atoms with Crippen LogP contribution < -0.4 is 5.32 Å². The molecule has 0 atom stereocenters. The summed E-state index contributed by atoms with van der Waals surface area (Å²) < 4.78 is 27.4. The van der Waals surface area contributed by atoms with E-state index in [9.17, 15) is 18.0 Å². The molecule has 182 valence electrons. The van der Waals surface area contributed by atoms with Crippen molar-refractivity contribution in [1.82, 2.24) is 9.21 Å². The van der Waals surface area contributed by atoms with E-state index in [0.717, 1.165) is 11.1 Å². The molecule has 1 N–H and O–H groups in total. The van der Waals surface area contributed by atoms with Crippen LogP contribution >= 0.6 is 0 Å². The maximum Gasteiger partial charge on any atom is 0.255 e. The molecular weight excluding hydrogens is 462 g/mol. The van der Waals surface area contributed by atoms with Crippen molar-refractivity contribution in [2.75, 3.05) is 31.5 Å². The summed E-state index contributed by atoms with van der Waals surface area (Å²) >= 11 is 0. The minimum atomic E-state index is -3.50. The number of aryl methyl sites for hydroxylation is 1. The van der Waals surface area contributed by atoms with Gasteiger partial charge in [-0.05, 0) is 55.8 Å². The lowest BCUT2D eigenvalue weighted by molar-refractivity contribution is 0.101. The predicted octanol–water partition coefficient (Wildman–Crippen LogP) is 3.96. The number of Topliss-reactive ketones (excluding diaryl/α,β-unsaturated/α-hetero) is 1. The summed E-state index contributed by atoms with van der Waals surface area (Å²) in [5, 5.41) is 2.85. The number of piperazine rings is 1. The molecule has 0 radical (unpaired) electrons. The quantitative estimate of drug-likeness (QED) is 0.506. The second-order valence-electron chi connectivity index (χ2n) is 8.78. The van der Waals surface area contributed by atoms with Crippen LogP contribution in [-0.4, -0.2) is 55.5 Å². The molecule has 1 aliphatic heterocycles. The van der Waals surface area contributed by atoms with E-state index in [1.54, 1.807) is 42.5 Å². The maximum absolute atomic E-state index is 12.9. The lowest BCUT2D eigenvalue weighted by Crippen LogP contribution is -2.48. The summed E-state index contributed by atoms with van der Waals surface area (Å²) in [5.74, 6) is -0.309. The van der Waals surface area contributed by atoms with Gasteiger partial charge < -0.3 is 5.32 Å². The largest absolute Gasteiger partial charge is 0.322 e. The molecule has 8 heteroatoms. The van der Waals surface area contributed by atoms with Gasteiger partial charge >= 0.3 is 0 Å². The van der Waals surface area contributed by atoms with Gasteiger partial charge in [0.05, 0.1) is 4.90 Å². The highest BCUT2D eigenvalue weighted by atomic mass is 32.2. The first-order valence-corrected chi connectivity index (χ1v) is 13.0. The third kappa shape index (κ3) is 6.03. The van der Waals surface area contributed by atoms with Crippen LogP contribution in [0.25, 0.3) is 0 Å². The molecular formula is C27H29N3O4S. The van der Waals surface area contributed by atoms with Gasteiger partial charge in [-0.15, -0.1) is 0 Å². The fourth-order valence-corrected chi connectivity index (χ4v) is 5.50. The normalized spacial score (nSPS) is 15.0. The number of sulfonamides is 1. The zero-order valence-corrected chi connectivity index (χ0v) is 20.7. The standard InChI is InChI=1S/C27H29N3O4S/c1-20-9-11-26(12-10-20)35(33,34)30-15-13-29(14-16-30)19-22-5-3-7-24(17-22)27(32)28-25-8-4-6-23(18-25)21(2)31/h3-12,17-18H,13-16,19H2,1-2H3,(H,28,32). The number of nitrogens with zero attached hydrogens (tertiary/aromatic N) is 2. The van der Waals surface area contributed by atoms with Gasteiger partial charge in [0.2, 0.25) is 10.0 Å². The van der Waals surface area contributed by atoms with Crippen LogP contribution in [0.5, 0.6) is 0 Å². The van der Waals surface area contributed by atoms with Crippen molar-refractivity contribution in [3.05, 3.63) is 95.1 Å². The van der Waals surface area contributed by atoms with Crippen LogP contribution in [0, 0.1) is 6.92 Å². The topological polar surface area (TPSA) is 86.8 Å². The SMILES string of the molecule is CC(=O)c1cccc(NC(=O)c2cccc(CN3CCN(S(=O)(=O)c4ccc(C)cc4)CC3)c2)c1. The Morgan fingerprint density at radius 3 is 2.20 bits per heavy atom. The first kappa shape index (κ1) is 24.8.